The molecule has 0 bridgehead atoms. The Hall–Kier alpha value is -3.08. The highest BCUT2D eigenvalue weighted by Crippen LogP contribution is 2.37. The Bertz CT molecular complexity index is 1330. The van der Waals surface area contributed by atoms with Crippen LogP contribution in [0.4, 0.5) is 0 Å². The summed E-state index contributed by atoms with van der Waals surface area (Å²) in [6.07, 6.45) is 5.15. The van der Waals surface area contributed by atoms with Crippen molar-refractivity contribution in [1.29, 1.82) is 0 Å². The summed E-state index contributed by atoms with van der Waals surface area (Å²) < 4.78 is 35.7. The van der Waals surface area contributed by atoms with Crippen LogP contribution in [0.2, 0.25) is 0 Å². The fourth-order valence-corrected chi connectivity index (χ4v) is 6.47. The maximum atomic E-state index is 13.5. The lowest BCUT2D eigenvalue weighted by molar-refractivity contribution is 0.395. The number of hydrogen-bond donors (Lipinski definition) is 0. The summed E-state index contributed by atoms with van der Waals surface area (Å²) in [5, 5.41) is 8.39. The van der Waals surface area contributed by atoms with Gasteiger partial charge in [0.1, 0.15) is 9.96 Å². The number of sulfonamides is 1. The molecule has 0 spiro atoms. The van der Waals surface area contributed by atoms with Crippen molar-refractivity contribution >= 4 is 21.4 Å². The van der Waals surface area contributed by atoms with Gasteiger partial charge in [-0.15, -0.1) is 16.4 Å². The van der Waals surface area contributed by atoms with Crippen LogP contribution in [0, 0.1) is 0 Å². The summed E-state index contributed by atoms with van der Waals surface area (Å²) in [4.78, 5) is 5.14. The van der Waals surface area contributed by atoms with Crippen LogP contribution in [0.3, 0.4) is 0 Å². The lowest BCUT2D eigenvalue weighted by Crippen LogP contribution is -2.32. The number of pyridine rings is 1. The summed E-state index contributed by atoms with van der Waals surface area (Å²) in [5.41, 5.74) is 2.14. The largest absolute Gasteiger partial charge is 0.497 e. The van der Waals surface area contributed by atoms with Gasteiger partial charge in [0.15, 0.2) is 0 Å². The summed E-state index contributed by atoms with van der Waals surface area (Å²) in [5.74, 6) is 0.711. The van der Waals surface area contributed by atoms with Crippen LogP contribution in [-0.4, -0.2) is 45.9 Å². The molecule has 1 fully saturated rings. The minimum absolute atomic E-state index is 0.0117. The van der Waals surface area contributed by atoms with E-state index in [0.717, 1.165) is 29.1 Å². The van der Waals surface area contributed by atoms with Gasteiger partial charge in [0.2, 0.25) is 0 Å². The Morgan fingerprint density at radius 2 is 2.03 bits per heavy atom. The van der Waals surface area contributed by atoms with Crippen molar-refractivity contribution in [3.63, 3.8) is 0 Å². The second-order valence-electron chi connectivity index (χ2n) is 7.47. The van der Waals surface area contributed by atoms with Crippen LogP contribution < -0.4 is 4.74 Å². The second kappa shape index (κ2) is 8.45. The van der Waals surface area contributed by atoms with E-state index in [1.807, 2.05) is 48.5 Å². The molecule has 4 aromatic rings. The fraction of sp³-hybridized carbons (Fsp3) is 0.227. The molecular formula is C22H21N5O3S2. The molecule has 10 heteroatoms. The van der Waals surface area contributed by atoms with Crippen LogP contribution in [0.5, 0.6) is 5.75 Å². The number of methoxy groups -OCH3 is 1. The normalized spacial score (nSPS) is 14.1. The molecule has 32 heavy (non-hydrogen) atoms. The minimum Gasteiger partial charge on any atom is -0.497 e. The van der Waals surface area contributed by atoms with Gasteiger partial charge in [-0.25, -0.2) is 13.1 Å². The number of hydrogen-bond acceptors (Lipinski definition) is 7. The molecule has 0 saturated heterocycles. The van der Waals surface area contributed by atoms with E-state index in [1.165, 1.54) is 11.3 Å². The van der Waals surface area contributed by atoms with Gasteiger partial charge in [0, 0.05) is 18.3 Å². The first-order valence-electron chi connectivity index (χ1n) is 10.1. The molecule has 1 saturated carbocycles. The molecule has 5 rings (SSSR count). The highest BCUT2D eigenvalue weighted by atomic mass is 32.2. The zero-order valence-electron chi connectivity index (χ0n) is 17.3. The van der Waals surface area contributed by atoms with Crippen molar-refractivity contribution < 1.29 is 13.2 Å². The van der Waals surface area contributed by atoms with Gasteiger partial charge in [0.25, 0.3) is 10.0 Å². The third-order valence-corrected chi connectivity index (χ3v) is 8.67. The Morgan fingerprint density at radius 1 is 1.16 bits per heavy atom. The number of ether oxygens (including phenoxy) is 1. The van der Waals surface area contributed by atoms with Crippen LogP contribution >= 0.6 is 11.3 Å². The summed E-state index contributed by atoms with van der Waals surface area (Å²) in [6.45, 7) is 0.174. The zero-order valence-corrected chi connectivity index (χ0v) is 19.0. The maximum Gasteiger partial charge on any atom is 0.253 e. The molecule has 3 heterocycles. The number of nitrogens with zero attached hydrogens (tertiary/aromatic N) is 5. The standard InChI is InChI=1S/C22H21N5O3S2/c1-30-19-6-4-5-18(13-19)26-14-16(24-25-26)15-27(17-8-9-17)32(28,29)22-11-10-21(31-22)20-7-2-3-12-23-20/h2-7,10-14,17H,8-9,15H2,1H3. The molecule has 1 aliphatic rings. The van der Waals surface area contributed by atoms with Crippen molar-refractivity contribution in [1.82, 2.24) is 24.3 Å². The Balaban J connectivity index is 1.40. The molecule has 0 radical (unpaired) electrons. The molecule has 8 nitrogen and oxygen atoms in total. The van der Waals surface area contributed by atoms with E-state index in [4.69, 9.17) is 4.74 Å². The molecule has 1 aromatic carbocycles. The smallest absolute Gasteiger partial charge is 0.253 e. The number of aromatic nitrogens is 4. The molecule has 0 atom stereocenters. The van der Waals surface area contributed by atoms with Crippen molar-refractivity contribution in [2.45, 2.75) is 29.6 Å². The first kappa shape index (κ1) is 20.8. The predicted octanol–water partition coefficient (Wildman–Crippen LogP) is 3.75. The predicted molar refractivity (Wildman–Crippen MR) is 121 cm³/mol. The number of benzene rings is 1. The minimum atomic E-state index is -3.66. The lowest BCUT2D eigenvalue weighted by Gasteiger charge is -2.19. The maximum absolute atomic E-state index is 13.5. The first-order valence-corrected chi connectivity index (χ1v) is 12.4. The van der Waals surface area contributed by atoms with Crippen LogP contribution in [-0.2, 0) is 16.6 Å². The summed E-state index contributed by atoms with van der Waals surface area (Å²) in [6, 6.07) is 16.5. The third kappa shape index (κ3) is 4.16. The average molecular weight is 468 g/mol. The number of rotatable bonds is 8. The highest BCUT2D eigenvalue weighted by molar-refractivity contribution is 7.91. The van der Waals surface area contributed by atoms with Gasteiger partial charge in [-0.3, -0.25) is 4.98 Å². The van der Waals surface area contributed by atoms with E-state index >= 15 is 0 Å². The fourth-order valence-electron chi connectivity index (χ4n) is 3.40. The number of thiophene rings is 1. The molecule has 1 aliphatic carbocycles. The molecule has 0 N–H and O–H groups in total. The molecule has 164 valence electrons. The Labute approximate surface area is 190 Å². The molecule has 0 aliphatic heterocycles. The van der Waals surface area contributed by atoms with Crippen molar-refractivity contribution in [3.05, 3.63) is 72.7 Å². The van der Waals surface area contributed by atoms with Crippen LogP contribution in [0.1, 0.15) is 18.5 Å². The van der Waals surface area contributed by atoms with E-state index in [1.54, 1.807) is 34.6 Å². The summed E-state index contributed by atoms with van der Waals surface area (Å²) >= 11 is 1.24. The van der Waals surface area contributed by atoms with Gasteiger partial charge < -0.3 is 4.74 Å². The molecule has 0 amide bonds. The van der Waals surface area contributed by atoms with Crippen molar-refractivity contribution in [3.8, 4) is 22.0 Å². The van der Waals surface area contributed by atoms with E-state index in [-0.39, 0.29) is 12.6 Å². The van der Waals surface area contributed by atoms with Gasteiger partial charge >= 0.3 is 0 Å². The third-order valence-electron chi connectivity index (χ3n) is 5.19. The quantitative estimate of drug-likeness (QED) is 0.392. The van der Waals surface area contributed by atoms with E-state index < -0.39 is 10.0 Å². The summed E-state index contributed by atoms with van der Waals surface area (Å²) in [7, 11) is -2.06. The topological polar surface area (TPSA) is 90.2 Å². The monoisotopic (exact) mass is 467 g/mol. The van der Waals surface area contributed by atoms with E-state index in [0.29, 0.717) is 15.7 Å². The first-order chi connectivity index (χ1) is 15.5. The van der Waals surface area contributed by atoms with E-state index in [2.05, 4.69) is 15.3 Å². The Kier molecular flexibility index (Phi) is 5.50. The second-order valence-corrected chi connectivity index (χ2v) is 10.7. The van der Waals surface area contributed by atoms with Crippen LogP contribution in [0.15, 0.2) is 71.2 Å². The lowest BCUT2D eigenvalue weighted by atomic mass is 10.3. The van der Waals surface area contributed by atoms with Gasteiger partial charge in [-0.2, -0.15) is 4.31 Å². The van der Waals surface area contributed by atoms with Gasteiger partial charge in [-0.1, -0.05) is 17.3 Å². The van der Waals surface area contributed by atoms with Gasteiger partial charge in [-0.05, 0) is 49.2 Å². The zero-order chi connectivity index (χ0) is 22.1. The van der Waals surface area contributed by atoms with Crippen molar-refractivity contribution in [2.75, 3.05) is 7.11 Å². The van der Waals surface area contributed by atoms with Crippen LogP contribution in [0.25, 0.3) is 16.3 Å². The SMILES string of the molecule is COc1cccc(-n2cc(CN(C3CC3)S(=O)(=O)c3ccc(-c4ccccn4)s3)nn2)c1. The molecule has 0 unspecified atom stereocenters. The van der Waals surface area contributed by atoms with Gasteiger partial charge in [0.05, 0.1) is 41.8 Å². The van der Waals surface area contributed by atoms with Crippen molar-refractivity contribution in [2.24, 2.45) is 0 Å². The highest BCUT2D eigenvalue weighted by Gasteiger charge is 2.39. The Morgan fingerprint density at radius 3 is 2.78 bits per heavy atom. The van der Waals surface area contributed by atoms with E-state index in [9.17, 15) is 8.42 Å². The molecule has 3 aromatic heterocycles. The molecular weight excluding hydrogens is 446 g/mol. The average Bonchev–Trinajstić information content (AvgIpc) is 3.33.